The summed E-state index contributed by atoms with van der Waals surface area (Å²) in [5.74, 6) is -0.942. The van der Waals surface area contributed by atoms with E-state index in [0.29, 0.717) is 5.69 Å². The quantitative estimate of drug-likeness (QED) is 0.868. The van der Waals surface area contributed by atoms with Gasteiger partial charge in [-0.05, 0) is 37.6 Å². The van der Waals surface area contributed by atoms with Gasteiger partial charge in [-0.1, -0.05) is 11.6 Å². The van der Waals surface area contributed by atoms with Crippen molar-refractivity contribution in [3.05, 3.63) is 53.3 Å². The molecule has 1 heterocycles. The average Bonchev–Trinajstić information content (AvgIpc) is 2.34. The highest BCUT2D eigenvalue weighted by molar-refractivity contribution is 5.95. The fourth-order valence-corrected chi connectivity index (χ4v) is 1.68. The number of nitrogens with one attached hydrogen (secondary N) is 1. The second kappa shape index (κ2) is 4.87. The highest BCUT2D eigenvalue weighted by atomic mass is 16.4. The highest BCUT2D eigenvalue weighted by Gasteiger charge is 2.11. The van der Waals surface area contributed by atoms with Crippen LogP contribution in [-0.2, 0) is 0 Å². The zero-order valence-corrected chi connectivity index (χ0v) is 10.3. The Hall–Kier alpha value is -2.36. The molecule has 0 amide bonds. The van der Waals surface area contributed by atoms with Gasteiger partial charge in [0.1, 0.15) is 0 Å². The number of rotatable bonds is 3. The van der Waals surface area contributed by atoms with E-state index < -0.39 is 5.97 Å². The van der Waals surface area contributed by atoms with Gasteiger partial charge in [0.25, 0.3) is 0 Å². The molecule has 0 bridgehead atoms. The topological polar surface area (TPSA) is 62.2 Å². The van der Waals surface area contributed by atoms with Crippen LogP contribution < -0.4 is 5.32 Å². The van der Waals surface area contributed by atoms with Gasteiger partial charge in [0, 0.05) is 6.20 Å². The molecule has 0 spiro atoms. The molecule has 1 aromatic carbocycles. The van der Waals surface area contributed by atoms with Gasteiger partial charge in [-0.2, -0.15) is 0 Å². The van der Waals surface area contributed by atoms with Crippen LogP contribution in [0.2, 0.25) is 0 Å². The van der Waals surface area contributed by atoms with Crippen molar-refractivity contribution in [3.8, 4) is 0 Å². The molecule has 0 radical (unpaired) electrons. The first kappa shape index (κ1) is 12.1. The Morgan fingerprint density at radius 2 is 2.00 bits per heavy atom. The number of carbonyl (C=O) groups is 1. The Labute approximate surface area is 105 Å². The number of benzene rings is 1. The molecule has 4 heteroatoms. The van der Waals surface area contributed by atoms with Crippen molar-refractivity contribution in [2.45, 2.75) is 13.8 Å². The number of aryl methyl sites for hydroxylation is 2. The molecule has 0 unspecified atom stereocenters. The lowest BCUT2D eigenvalue weighted by Gasteiger charge is -2.11. The van der Waals surface area contributed by atoms with E-state index in [-0.39, 0.29) is 5.56 Å². The minimum Gasteiger partial charge on any atom is -0.478 e. The van der Waals surface area contributed by atoms with E-state index in [4.69, 9.17) is 0 Å². The monoisotopic (exact) mass is 242 g/mol. The van der Waals surface area contributed by atoms with Crippen molar-refractivity contribution in [3.63, 3.8) is 0 Å². The maximum Gasteiger partial charge on any atom is 0.337 e. The lowest BCUT2D eigenvalue weighted by Crippen LogP contribution is -2.04. The summed E-state index contributed by atoms with van der Waals surface area (Å²) < 4.78 is 0. The molecule has 0 saturated heterocycles. The van der Waals surface area contributed by atoms with Crippen molar-refractivity contribution in [1.29, 1.82) is 0 Å². The van der Waals surface area contributed by atoms with Gasteiger partial charge in [0.2, 0.25) is 0 Å². The lowest BCUT2D eigenvalue weighted by molar-refractivity contribution is 0.0698. The van der Waals surface area contributed by atoms with Crippen molar-refractivity contribution in [2.24, 2.45) is 0 Å². The predicted octanol–water partition coefficient (Wildman–Crippen LogP) is 3.14. The predicted molar refractivity (Wildman–Crippen MR) is 70.4 cm³/mol. The molecule has 2 aromatic rings. The van der Waals surface area contributed by atoms with E-state index in [1.807, 2.05) is 26.0 Å². The van der Waals surface area contributed by atoms with Crippen LogP contribution in [0.4, 0.5) is 11.4 Å². The number of carboxylic acids is 1. The van der Waals surface area contributed by atoms with Crippen LogP contribution in [0, 0.1) is 13.8 Å². The summed E-state index contributed by atoms with van der Waals surface area (Å²) in [7, 11) is 0. The SMILES string of the molecule is Cc1ccc(Nc2cnccc2C)c(C(=O)O)c1. The van der Waals surface area contributed by atoms with Crippen LogP contribution in [0.5, 0.6) is 0 Å². The van der Waals surface area contributed by atoms with Crippen molar-refractivity contribution in [2.75, 3.05) is 5.32 Å². The Bertz CT molecular complexity index is 594. The molecular weight excluding hydrogens is 228 g/mol. The van der Waals surface area contributed by atoms with Crippen LogP contribution >= 0.6 is 0 Å². The first-order valence-corrected chi connectivity index (χ1v) is 5.59. The summed E-state index contributed by atoms with van der Waals surface area (Å²) in [5.41, 5.74) is 3.58. The first-order valence-electron chi connectivity index (χ1n) is 5.59. The number of nitrogens with zero attached hydrogens (tertiary/aromatic N) is 1. The molecule has 0 aliphatic carbocycles. The van der Waals surface area contributed by atoms with Gasteiger partial charge in [-0.25, -0.2) is 4.79 Å². The first-order chi connectivity index (χ1) is 8.58. The number of carboxylic acid groups (broad SMARTS) is 1. The van der Waals surface area contributed by atoms with Crippen molar-refractivity contribution < 1.29 is 9.90 Å². The molecular formula is C14H14N2O2. The molecule has 0 aliphatic rings. The normalized spacial score (nSPS) is 10.1. The summed E-state index contributed by atoms with van der Waals surface area (Å²) in [6.07, 6.45) is 3.38. The minimum absolute atomic E-state index is 0.262. The third-order valence-corrected chi connectivity index (χ3v) is 2.71. The Kier molecular flexibility index (Phi) is 3.28. The van der Waals surface area contributed by atoms with Gasteiger partial charge in [0.15, 0.2) is 0 Å². The highest BCUT2D eigenvalue weighted by Crippen LogP contribution is 2.23. The molecule has 2 N–H and O–H groups in total. The smallest absolute Gasteiger partial charge is 0.337 e. The molecule has 0 aliphatic heterocycles. The Morgan fingerprint density at radius 3 is 2.67 bits per heavy atom. The van der Waals surface area contributed by atoms with Crippen LogP contribution in [0.3, 0.4) is 0 Å². The number of anilines is 2. The summed E-state index contributed by atoms with van der Waals surface area (Å²) in [6, 6.07) is 7.17. The van der Waals surface area contributed by atoms with E-state index >= 15 is 0 Å². The average molecular weight is 242 g/mol. The maximum atomic E-state index is 11.2. The standard InChI is InChI=1S/C14H14N2O2/c1-9-3-4-12(11(7-9)14(17)18)16-13-8-15-6-5-10(13)2/h3-8,16H,1-2H3,(H,17,18). The third-order valence-electron chi connectivity index (χ3n) is 2.71. The van der Waals surface area contributed by atoms with E-state index in [1.54, 1.807) is 24.5 Å². The van der Waals surface area contributed by atoms with Gasteiger partial charge in [0.05, 0.1) is 23.1 Å². The zero-order valence-electron chi connectivity index (χ0n) is 10.3. The Morgan fingerprint density at radius 1 is 1.22 bits per heavy atom. The van der Waals surface area contributed by atoms with Gasteiger partial charge in [-0.15, -0.1) is 0 Å². The molecule has 1 aromatic heterocycles. The number of hydrogen-bond donors (Lipinski definition) is 2. The van der Waals surface area contributed by atoms with Crippen LogP contribution in [0.15, 0.2) is 36.7 Å². The maximum absolute atomic E-state index is 11.2. The Balaban J connectivity index is 2.41. The number of pyridine rings is 1. The molecule has 4 nitrogen and oxygen atoms in total. The number of aromatic carboxylic acids is 1. The van der Waals surface area contributed by atoms with Gasteiger partial charge >= 0.3 is 5.97 Å². The van der Waals surface area contributed by atoms with Crippen molar-refractivity contribution in [1.82, 2.24) is 4.98 Å². The van der Waals surface area contributed by atoms with Crippen LogP contribution in [0.1, 0.15) is 21.5 Å². The summed E-state index contributed by atoms with van der Waals surface area (Å²) in [5, 5.41) is 12.3. The molecule has 18 heavy (non-hydrogen) atoms. The van der Waals surface area contributed by atoms with Gasteiger partial charge in [-0.3, -0.25) is 4.98 Å². The second-order valence-corrected chi connectivity index (χ2v) is 4.17. The zero-order chi connectivity index (χ0) is 13.1. The fourth-order valence-electron chi connectivity index (χ4n) is 1.68. The molecule has 2 rings (SSSR count). The summed E-state index contributed by atoms with van der Waals surface area (Å²) >= 11 is 0. The third kappa shape index (κ3) is 2.48. The van der Waals surface area contributed by atoms with Crippen molar-refractivity contribution >= 4 is 17.3 Å². The van der Waals surface area contributed by atoms with E-state index in [9.17, 15) is 9.90 Å². The molecule has 0 fully saturated rings. The summed E-state index contributed by atoms with van der Waals surface area (Å²) in [4.78, 5) is 15.2. The van der Waals surface area contributed by atoms with Crippen LogP contribution in [0.25, 0.3) is 0 Å². The molecule has 0 atom stereocenters. The van der Waals surface area contributed by atoms with Gasteiger partial charge < -0.3 is 10.4 Å². The molecule has 92 valence electrons. The van der Waals surface area contributed by atoms with Crippen LogP contribution in [-0.4, -0.2) is 16.1 Å². The lowest BCUT2D eigenvalue weighted by atomic mass is 10.1. The fraction of sp³-hybridized carbons (Fsp3) is 0.143. The van der Waals surface area contributed by atoms with E-state index in [0.717, 1.165) is 16.8 Å². The van der Waals surface area contributed by atoms with E-state index in [2.05, 4.69) is 10.3 Å². The number of aromatic nitrogens is 1. The second-order valence-electron chi connectivity index (χ2n) is 4.17. The largest absolute Gasteiger partial charge is 0.478 e. The van der Waals surface area contributed by atoms with E-state index in [1.165, 1.54) is 0 Å². The molecule has 0 saturated carbocycles. The number of hydrogen-bond acceptors (Lipinski definition) is 3. The minimum atomic E-state index is -0.942. The summed E-state index contributed by atoms with van der Waals surface area (Å²) in [6.45, 7) is 3.81.